The van der Waals surface area contributed by atoms with Crippen molar-refractivity contribution in [3.8, 4) is 0 Å². The highest BCUT2D eigenvalue weighted by molar-refractivity contribution is 3.87. The van der Waals surface area contributed by atoms with Crippen LogP contribution >= 0.6 is 0 Å². The second kappa shape index (κ2) is 8.92. The normalized spacial score (nSPS) is 5.00. The summed E-state index contributed by atoms with van der Waals surface area (Å²) >= 11 is 0. The molecule has 0 amide bonds. The van der Waals surface area contributed by atoms with Crippen LogP contribution in [0.25, 0.3) is 0 Å². The van der Waals surface area contributed by atoms with E-state index in [0.717, 1.165) is 0 Å². The van der Waals surface area contributed by atoms with Gasteiger partial charge in [0.1, 0.15) is 0 Å². The van der Waals surface area contributed by atoms with Crippen LogP contribution < -0.4 is 5.84 Å². The van der Waals surface area contributed by atoms with Crippen molar-refractivity contribution in [2.45, 2.75) is 0 Å². The van der Waals surface area contributed by atoms with Crippen LogP contribution in [0.15, 0.2) is 0 Å². The lowest BCUT2D eigenvalue weighted by Crippen LogP contribution is -2.04. The molecule has 0 fully saturated rings. The molecule has 0 aliphatic heterocycles. The van der Waals surface area contributed by atoms with Gasteiger partial charge in [-0.1, -0.05) is 0 Å². The lowest BCUT2D eigenvalue weighted by atomic mass is 11.9. The first kappa shape index (κ1) is 8.93. The van der Waals surface area contributed by atoms with Crippen LogP contribution in [0.3, 0.4) is 0 Å². The third kappa shape index (κ3) is 18.8. The van der Waals surface area contributed by atoms with E-state index in [1.54, 1.807) is 0 Å². The minimum absolute atomic E-state index is 1.00. The second-order valence-electron chi connectivity index (χ2n) is 0.285. The first-order valence-electron chi connectivity index (χ1n) is 0.812. The molecule has 0 spiro atoms. The Bertz CT molecular complexity index is 34.5. The zero-order chi connectivity index (χ0) is 5.58. The molecule has 0 aliphatic rings. The van der Waals surface area contributed by atoms with Crippen molar-refractivity contribution in [1.82, 2.24) is 0 Å². The Kier molecular flexibility index (Phi) is 13.3. The van der Waals surface area contributed by atoms with Crippen molar-refractivity contribution >= 4 is 0 Å². The lowest BCUT2D eigenvalue weighted by Gasteiger charge is -1.61. The summed E-state index contributed by atoms with van der Waals surface area (Å²) in [5, 5.41) is 7.58. The average Bonchev–Trinajstić information content (AvgIpc) is 1.41. The van der Waals surface area contributed by atoms with Crippen molar-refractivity contribution < 1.29 is 9.42 Å². The van der Waals surface area contributed by atoms with Crippen LogP contribution in [0.5, 0.6) is 0 Å². The van der Waals surface area contributed by atoms with E-state index < -0.39 is 5.03 Å². The molecule has 4 nitrogen and oxygen atoms in total. The Balaban J connectivity index is 0. The fraction of sp³-hybridized carbons (Fsp3) is 0. The maximum absolute atomic E-state index is 8.75. The molecule has 0 aromatic rings. The van der Waals surface area contributed by atoms with Crippen molar-refractivity contribution in [1.29, 1.82) is 0 Å². The number of nitrogens with two attached hydrogens (primary N) is 1. The van der Waals surface area contributed by atoms with Crippen LogP contribution in [0.2, 0.25) is 0 Å². The second-order valence-corrected chi connectivity index (χ2v) is 0.285. The van der Waals surface area contributed by atoms with E-state index in [1.807, 2.05) is 0 Å². The molecule has 0 unspecified atom stereocenters. The zero-order valence-corrected chi connectivity index (χ0v) is 2.72. The van der Waals surface area contributed by atoms with Crippen molar-refractivity contribution in [2.75, 3.05) is 0 Å². The van der Waals surface area contributed by atoms with E-state index in [4.69, 9.17) is 14.5 Å². The third-order valence-corrected chi connectivity index (χ3v) is 0. The summed E-state index contributed by atoms with van der Waals surface area (Å²) in [5.41, 5.74) is 0. The maximum Gasteiger partial charge on any atom is 0.232 e. The summed E-state index contributed by atoms with van der Waals surface area (Å²) in [5.74, 6) is 3.83. The highest BCUT2D eigenvalue weighted by Gasteiger charge is 1.57. The molecule has 0 aromatic heterocycles. The quantitative estimate of drug-likeness (QED) is 0.252. The molecule has 6 heavy (non-hydrogen) atoms. The first-order valence-corrected chi connectivity index (χ1v) is 0.812. The number of rotatable bonds is 0. The Morgan fingerprint density at radius 3 is 1.83 bits per heavy atom. The summed E-state index contributed by atoms with van der Waals surface area (Å²) in [4.78, 5) is 8.58. The standard InChI is InChI=1S/CF.H2N2O2/c1-2;1-2(3)4/h;1H2. The van der Waals surface area contributed by atoms with Gasteiger partial charge in [0.2, 0.25) is 7.18 Å². The number of nitrogens with zero attached hydrogens (tertiary/aromatic N) is 1. The predicted octanol–water partition coefficient (Wildman–Crippen LogP) is -0.362. The highest BCUT2D eigenvalue weighted by atomic mass is 19.1. The molecule has 5 heteroatoms. The molecular formula is CH2FN2O2. The number of hydrogen-bond acceptors (Lipinski definition) is 2. The van der Waals surface area contributed by atoms with E-state index >= 15 is 0 Å². The molecule has 35 valence electrons. The van der Waals surface area contributed by atoms with Gasteiger partial charge >= 0.3 is 0 Å². The van der Waals surface area contributed by atoms with Gasteiger partial charge in [-0.05, 0) is 0 Å². The molecule has 0 rings (SSSR count). The van der Waals surface area contributed by atoms with Gasteiger partial charge in [0.05, 0.1) is 0 Å². The van der Waals surface area contributed by atoms with Crippen LogP contribution in [0.1, 0.15) is 0 Å². The van der Waals surface area contributed by atoms with E-state index in [9.17, 15) is 0 Å². The SMILES string of the molecule is N[N+](=O)[O-].[C]F. The lowest BCUT2D eigenvalue weighted by molar-refractivity contribution is -0.491. The Morgan fingerprint density at radius 1 is 1.83 bits per heavy atom. The minimum Gasteiger partial charge on any atom is -0.235 e. The van der Waals surface area contributed by atoms with Gasteiger partial charge in [-0.2, -0.15) is 5.84 Å². The molecule has 3 radical (unpaired) electrons. The van der Waals surface area contributed by atoms with E-state index in [0.29, 0.717) is 0 Å². The van der Waals surface area contributed by atoms with Gasteiger partial charge in [-0.25, -0.2) is 14.5 Å². The van der Waals surface area contributed by atoms with Crippen LogP contribution in [-0.2, 0) is 0 Å². The van der Waals surface area contributed by atoms with Crippen LogP contribution in [0, 0.1) is 17.3 Å². The van der Waals surface area contributed by atoms with E-state index in [1.165, 1.54) is 0 Å². The summed E-state index contributed by atoms with van der Waals surface area (Å²) < 4.78 is 8.75. The fourth-order valence-corrected chi connectivity index (χ4v) is 0. The molecule has 0 bridgehead atoms. The molecule has 2 N–H and O–H groups in total. The third-order valence-electron chi connectivity index (χ3n) is 0. The Morgan fingerprint density at radius 2 is 1.83 bits per heavy atom. The maximum atomic E-state index is 8.75. The summed E-state index contributed by atoms with van der Waals surface area (Å²) in [6, 6.07) is 0. The molecule has 0 heterocycles. The Labute approximate surface area is 33.9 Å². The van der Waals surface area contributed by atoms with Gasteiger partial charge in [0, 0.05) is 0 Å². The van der Waals surface area contributed by atoms with Crippen molar-refractivity contribution in [3.63, 3.8) is 0 Å². The summed E-state index contributed by atoms with van der Waals surface area (Å²) in [7, 11) is 4.25. The number of nitro groups is 1. The highest BCUT2D eigenvalue weighted by Crippen LogP contribution is 1.29. The summed E-state index contributed by atoms with van der Waals surface area (Å²) in [6.07, 6.45) is 0. The number of hydrazine groups is 1. The van der Waals surface area contributed by atoms with E-state index in [-0.39, 0.29) is 0 Å². The fourth-order valence-electron chi connectivity index (χ4n) is 0. The first-order chi connectivity index (χ1) is 2.73. The minimum atomic E-state index is -1.00. The molecule has 0 atom stereocenters. The van der Waals surface area contributed by atoms with Crippen LogP contribution in [0.4, 0.5) is 4.39 Å². The average molecular weight is 93.0 g/mol. The largest absolute Gasteiger partial charge is 0.235 e. The van der Waals surface area contributed by atoms with Gasteiger partial charge in [-0.3, -0.25) is 0 Å². The van der Waals surface area contributed by atoms with Gasteiger partial charge in [0.25, 0.3) is 0 Å². The van der Waals surface area contributed by atoms with Gasteiger partial charge < -0.3 is 0 Å². The number of hydrogen-bond donors (Lipinski definition) is 1. The molecule has 0 aliphatic carbocycles. The molecular weight excluding hydrogens is 91.0 g/mol. The van der Waals surface area contributed by atoms with Crippen molar-refractivity contribution in [2.24, 2.45) is 5.84 Å². The zero-order valence-electron chi connectivity index (χ0n) is 2.72. The predicted molar refractivity (Wildman–Crippen MR) is 15.5 cm³/mol. The summed E-state index contributed by atoms with van der Waals surface area (Å²) in [6.45, 7) is 0. The topological polar surface area (TPSA) is 69.2 Å². The monoisotopic (exact) mass is 93.0 g/mol. The number of halogens is 1. The molecule has 0 aromatic carbocycles. The van der Waals surface area contributed by atoms with Crippen LogP contribution in [-0.4, -0.2) is 5.03 Å². The smallest absolute Gasteiger partial charge is 0.232 e. The van der Waals surface area contributed by atoms with Crippen molar-refractivity contribution in [3.05, 3.63) is 17.3 Å². The Hall–Kier alpha value is -0.870. The molecule has 0 saturated carbocycles. The van der Waals surface area contributed by atoms with Gasteiger partial charge in [-0.15, -0.1) is 0 Å². The van der Waals surface area contributed by atoms with E-state index in [2.05, 4.69) is 13.0 Å². The van der Waals surface area contributed by atoms with Gasteiger partial charge in [0.15, 0.2) is 5.03 Å². The molecule has 0 saturated heterocycles.